The molecule has 124 valence electrons. The van der Waals surface area contributed by atoms with E-state index in [0.29, 0.717) is 13.0 Å². The summed E-state index contributed by atoms with van der Waals surface area (Å²) in [6.45, 7) is 0.659. The normalized spacial score (nSPS) is 10.8. The van der Waals surface area contributed by atoms with Gasteiger partial charge in [0.1, 0.15) is 6.54 Å². The topological polar surface area (TPSA) is 149 Å². The molecule has 2 heterocycles. The first-order chi connectivity index (χ1) is 11.4. The fourth-order valence-electron chi connectivity index (χ4n) is 2.23. The summed E-state index contributed by atoms with van der Waals surface area (Å²) in [5, 5.41) is 8.81. The smallest absolute Gasteiger partial charge is 0.248 e. The van der Waals surface area contributed by atoms with Crippen molar-refractivity contribution in [3.05, 3.63) is 48.7 Å². The van der Waals surface area contributed by atoms with Gasteiger partial charge in [-0.2, -0.15) is 5.26 Å². The summed E-state index contributed by atoms with van der Waals surface area (Å²) in [6, 6.07) is 16.1. The highest BCUT2D eigenvalue weighted by atomic mass is 35.7. The molecule has 0 bridgehead atoms. The second-order valence-electron chi connectivity index (χ2n) is 4.64. The SMILES string of the molecule is N#CCC[n+]1c(-c2ccccn2)[nH]c2ccccc21.[O-][Cl+3]([O-])([O-])[O-]. The Morgan fingerprint density at radius 3 is 2.38 bits per heavy atom. The van der Waals surface area contributed by atoms with Gasteiger partial charge in [0.2, 0.25) is 0 Å². The van der Waals surface area contributed by atoms with Crippen LogP contribution in [0.3, 0.4) is 0 Å². The van der Waals surface area contributed by atoms with Crippen molar-refractivity contribution < 1.29 is 33.4 Å². The number of aromatic nitrogens is 3. The number of pyridine rings is 1. The summed E-state index contributed by atoms with van der Waals surface area (Å²) in [5.74, 6) is 0.942. The molecular formula is C15H13ClN4O4. The molecule has 0 amide bonds. The molecule has 2 aromatic heterocycles. The van der Waals surface area contributed by atoms with Gasteiger partial charge >= 0.3 is 5.82 Å². The van der Waals surface area contributed by atoms with Crippen LogP contribution in [-0.2, 0) is 6.54 Å². The number of H-pyrrole nitrogens is 1. The number of benzene rings is 1. The molecule has 0 unspecified atom stereocenters. The second kappa shape index (κ2) is 7.83. The Morgan fingerprint density at radius 1 is 1.08 bits per heavy atom. The van der Waals surface area contributed by atoms with Crippen molar-refractivity contribution in [3.8, 4) is 17.6 Å². The Kier molecular flexibility index (Phi) is 5.81. The summed E-state index contributed by atoms with van der Waals surface area (Å²) in [7, 11) is -4.94. The van der Waals surface area contributed by atoms with Gasteiger partial charge in [-0.05, 0) is 24.3 Å². The zero-order valence-corrected chi connectivity index (χ0v) is 13.1. The van der Waals surface area contributed by atoms with Crippen LogP contribution >= 0.6 is 0 Å². The molecule has 0 saturated heterocycles. The molecule has 0 atom stereocenters. The van der Waals surface area contributed by atoms with Gasteiger partial charge in [-0.3, -0.25) is 0 Å². The van der Waals surface area contributed by atoms with E-state index in [1.54, 1.807) is 6.20 Å². The molecule has 1 aromatic carbocycles. The van der Waals surface area contributed by atoms with Crippen molar-refractivity contribution in [3.63, 3.8) is 0 Å². The van der Waals surface area contributed by atoms with Crippen molar-refractivity contribution in [1.29, 1.82) is 5.26 Å². The van der Waals surface area contributed by atoms with E-state index < -0.39 is 10.2 Å². The van der Waals surface area contributed by atoms with Crippen molar-refractivity contribution >= 4 is 11.0 Å². The number of nitriles is 1. The summed E-state index contributed by atoms with van der Waals surface area (Å²) in [5.41, 5.74) is 3.04. The molecule has 8 nitrogen and oxygen atoms in total. The molecule has 0 aliphatic carbocycles. The highest BCUT2D eigenvalue weighted by Gasteiger charge is 2.20. The maximum absolute atomic E-state index is 8.81. The zero-order chi connectivity index (χ0) is 17.6. The lowest BCUT2D eigenvalue weighted by Crippen LogP contribution is -2.68. The lowest BCUT2D eigenvalue weighted by Gasteiger charge is -2.17. The van der Waals surface area contributed by atoms with Crippen LogP contribution in [0.15, 0.2) is 48.7 Å². The number of nitrogens with one attached hydrogen (secondary N) is 1. The second-order valence-corrected chi connectivity index (χ2v) is 5.40. The molecule has 0 aliphatic rings. The van der Waals surface area contributed by atoms with E-state index in [2.05, 4.69) is 26.7 Å². The van der Waals surface area contributed by atoms with E-state index in [1.165, 1.54) is 0 Å². The first-order valence-electron chi connectivity index (χ1n) is 6.81. The third kappa shape index (κ3) is 4.99. The van der Waals surface area contributed by atoms with Gasteiger partial charge in [-0.1, -0.05) is 18.2 Å². The van der Waals surface area contributed by atoms with Crippen LogP contribution in [0, 0.1) is 21.6 Å². The molecule has 3 rings (SSSR count). The minimum Gasteiger partial charge on any atom is -0.248 e. The molecule has 0 radical (unpaired) electrons. The van der Waals surface area contributed by atoms with Gasteiger partial charge in [-0.25, -0.2) is 33.2 Å². The first-order valence-corrected chi connectivity index (χ1v) is 8.04. The van der Waals surface area contributed by atoms with Crippen LogP contribution < -0.4 is 23.2 Å². The first kappa shape index (κ1) is 17.8. The number of halogens is 1. The van der Waals surface area contributed by atoms with Gasteiger partial charge in [-0.15, -0.1) is 10.2 Å². The van der Waals surface area contributed by atoms with Gasteiger partial charge in [0.25, 0.3) is 0 Å². The van der Waals surface area contributed by atoms with E-state index in [9.17, 15) is 0 Å². The highest BCUT2D eigenvalue weighted by molar-refractivity contribution is 5.73. The Hall–Kier alpha value is -2.54. The maximum Gasteiger partial charge on any atom is 0.306 e. The molecule has 24 heavy (non-hydrogen) atoms. The van der Waals surface area contributed by atoms with Crippen LogP contribution in [-0.4, -0.2) is 9.97 Å². The third-order valence-electron chi connectivity index (χ3n) is 3.07. The fraction of sp³-hybridized carbons (Fsp3) is 0.133. The zero-order valence-electron chi connectivity index (χ0n) is 12.4. The van der Waals surface area contributed by atoms with Crippen molar-refractivity contribution in [2.75, 3.05) is 0 Å². The van der Waals surface area contributed by atoms with Gasteiger partial charge < -0.3 is 0 Å². The lowest BCUT2D eigenvalue weighted by molar-refractivity contribution is -2.00. The molecule has 1 N–H and O–H groups in total. The molecule has 0 spiro atoms. The van der Waals surface area contributed by atoms with Crippen LogP contribution in [0.1, 0.15) is 6.42 Å². The molecule has 0 saturated carbocycles. The molecular weight excluding hydrogens is 336 g/mol. The molecule has 0 aliphatic heterocycles. The number of fused-ring (bicyclic) bond motifs is 1. The summed E-state index contributed by atoms with van der Waals surface area (Å²) in [4.78, 5) is 7.76. The Morgan fingerprint density at radius 2 is 1.75 bits per heavy atom. The third-order valence-corrected chi connectivity index (χ3v) is 3.07. The number of imidazole rings is 1. The highest BCUT2D eigenvalue weighted by Crippen LogP contribution is 2.16. The van der Waals surface area contributed by atoms with E-state index in [1.807, 2.05) is 36.4 Å². The molecule has 9 heteroatoms. The predicted molar refractivity (Wildman–Crippen MR) is 72.0 cm³/mol. The Labute approximate surface area is 139 Å². The minimum absolute atomic E-state index is 0.479. The van der Waals surface area contributed by atoms with E-state index >= 15 is 0 Å². The van der Waals surface area contributed by atoms with Gasteiger partial charge in [0, 0.05) is 6.20 Å². The predicted octanol–water partition coefficient (Wildman–Crippen LogP) is -2.32. The fourth-order valence-corrected chi connectivity index (χ4v) is 2.23. The van der Waals surface area contributed by atoms with E-state index in [4.69, 9.17) is 23.9 Å². The number of aromatic amines is 1. The average Bonchev–Trinajstić information content (AvgIpc) is 2.91. The molecule has 3 aromatic rings. The van der Waals surface area contributed by atoms with E-state index in [-0.39, 0.29) is 0 Å². The monoisotopic (exact) mass is 348 g/mol. The Balaban J connectivity index is 0.000000368. The molecule has 0 fully saturated rings. The number of hydrogen-bond donors (Lipinski definition) is 1. The maximum atomic E-state index is 8.81. The van der Waals surface area contributed by atoms with Crippen LogP contribution in [0.2, 0.25) is 0 Å². The van der Waals surface area contributed by atoms with Crippen LogP contribution in [0.25, 0.3) is 22.6 Å². The number of hydrogen-bond acceptors (Lipinski definition) is 6. The van der Waals surface area contributed by atoms with Crippen LogP contribution in [0.4, 0.5) is 0 Å². The van der Waals surface area contributed by atoms with Crippen molar-refractivity contribution in [1.82, 2.24) is 9.97 Å². The van der Waals surface area contributed by atoms with Crippen molar-refractivity contribution in [2.45, 2.75) is 13.0 Å². The summed E-state index contributed by atoms with van der Waals surface area (Å²) >= 11 is 0. The van der Waals surface area contributed by atoms with E-state index in [0.717, 1.165) is 22.6 Å². The van der Waals surface area contributed by atoms with Gasteiger partial charge in [0.05, 0.1) is 12.5 Å². The average molecular weight is 349 g/mol. The van der Waals surface area contributed by atoms with Crippen LogP contribution in [0.5, 0.6) is 0 Å². The number of aryl methyl sites for hydroxylation is 1. The number of rotatable bonds is 3. The largest absolute Gasteiger partial charge is 0.306 e. The Bertz CT molecular complexity index is 834. The lowest BCUT2D eigenvalue weighted by atomic mass is 10.3. The summed E-state index contributed by atoms with van der Waals surface area (Å²) < 4.78 is 36.1. The number of nitrogens with zero attached hydrogens (tertiary/aromatic N) is 3. The standard InChI is InChI=1S/C15H12N4.ClHO4/c16-9-5-11-19-14-8-2-1-6-12(14)18-15(19)13-7-3-4-10-17-13;2-1(3,4)5/h1-4,6-8,10H,5,11H2;(H,2,3,4,5). The number of para-hydroxylation sites is 2. The van der Waals surface area contributed by atoms with Gasteiger partial charge in [0.15, 0.2) is 16.7 Å². The van der Waals surface area contributed by atoms with Crippen molar-refractivity contribution in [2.24, 2.45) is 0 Å². The quantitative estimate of drug-likeness (QED) is 0.525. The minimum atomic E-state index is -4.94. The summed E-state index contributed by atoms with van der Waals surface area (Å²) in [6.07, 6.45) is 2.25.